The van der Waals surface area contributed by atoms with E-state index in [9.17, 15) is 24.0 Å². The molecule has 0 saturated carbocycles. The Balaban J connectivity index is 0.000000366. The van der Waals surface area contributed by atoms with Gasteiger partial charge in [0.2, 0.25) is 0 Å². The summed E-state index contributed by atoms with van der Waals surface area (Å²) >= 11 is 6.78. The van der Waals surface area contributed by atoms with Crippen molar-refractivity contribution in [2.45, 2.75) is 51.3 Å². The molecule has 3 N–H and O–H groups in total. The average molecular weight is 867 g/mol. The zero-order valence-corrected chi connectivity index (χ0v) is 33.9. The number of nitrogens with two attached hydrogens (primary N) is 1. The highest BCUT2D eigenvalue weighted by Crippen LogP contribution is 2.22. The largest absolute Gasteiger partial charge is 0.468 e. The van der Waals surface area contributed by atoms with Crippen molar-refractivity contribution >= 4 is 62.3 Å². The first-order chi connectivity index (χ1) is 23.9. The molecule has 0 bridgehead atoms. The summed E-state index contributed by atoms with van der Waals surface area (Å²) in [6.07, 6.45) is 3.34. The fourth-order valence-electron chi connectivity index (χ4n) is 4.91. The molecule has 0 spiro atoms. The van der Waals surface area contributed by atoms with Crippen LogP contribution >= 0.6 is 44.3 Å². The van der Waals surface area contributed by atoms with E-state index in [0.29, 0.717) is 17.5 Å². The molecule has 0 aliphatic carbocycles. The van der Waals surface area contributed by atoms with Crippen molar-refractivity contribution < 1.29 is 28.6 Å². The number of halogens is 3. The van der Waals surface area contributed by atoms with E-state index in [0.717, 1.165) is 31.2 Å². The Hall–Kier alpha value is -4.24. The van der Waals surface area contributed by atoms with E-state index in [2.05, 4.69) is 41.9 Å². The second kappa shape index (κ2) is 19.6. The second-order valence-electron chi connectivity index (χ2n) is 12.6. The quantitative estimate of drug-likeness (QED) is 0.159. The molecule has 0 saturated heterocycles. The van der Waals surface area contributed by atoms with Gasteiger partial charge in [-0.05, 0) is 93.4 Å². The molecule has 0 aliphatic rings. The Kier molecular flexibility index (Phi) is 16.5. The minimum atomic E-state index is -0.889. The van der Waals surface area contributed by atoms with Gasteiger partial charge in [0.05, 0.1) is 14.2 Å². The summed E-state index contributed by atoms with van der Waals surface area (Å²) in [6.45, 7) is 5.22. The van der Waals surface area contributed by atoms with Crippen LogP contribution in [0, 0.1) is 0 Å². The molecule has 15 heteroatoms. The zero-order valence-electron chi connectivity index (χ0n) is 29.9. The molecule has 2 atom stereocenters. The Morgan fingerprint density at radius 1 is 0.750 bits per heavy atom. The minimum Gasteiger partial charge on any atom is -0.468 e. The molecule has 0 radical (unpaired) electrons. The first-order valence-electron chi connectivity index (χ1n) is 15.7. The molecule has 2 aromatic carbocycles. The maximum atomic E-state index is 12.4. The summed E-state index contributed by atoms with van der Waals surface area (Å²) in [6, 6.07) is 16.6. The number of ether oxygens (including phenoxy) is 3. The van der Waals surface area contributed by atoms with Gasteiger partial charge >= 0.3 is 18.0 Å². The number of aryl methyl sites for hydroxylation is 2. The molecular formula is C37H43Br2ClN4O8. The highest BCUT2D eigenvalue weighted by Gasteiger charge is 2.25. The van der Waals surface area contributed by atoms with Gasteiger partial charge in [-0.3, -0.25) is 14.4 Å². The first-order valence-corrected chi connectivity index (χ1v) is 17.3. The molecule has 4 rings (SSSR count). The SMILES string of the molecule is COC(=O)C(Cc1ccc(-c2cc(Br)cn(C)c2=O)cc1)NC(=O)OC(C)(C)C.COC(=O)C(N)Cc1ccc(-c2cc(Br)cn(C)c2=O)cc1.Cl. The Labute approximate surface area is 325 Å². The molecule has 2 heterocycles. The van der Waals surface area contributed by atoms with Crippen LogP contribution in [0.1, 0.15) is 31.9 Å². The highest BCUT2D eigenvalue weighted by atomic mass is 79.9. The van der Waals surface area contributed by atoms with Crippen LogP contribution in [0.25, 0.3) is 22.3 Å². The van der Waals surface area contributed by atoms with Crippen molar-refractivity contribution in [1.82, 2.24) is 14.5 Å². The van der Waals surface area contributed by atoms with Crippen LogP contribution in [0.15, 0.2) is 91.6 Å². The summed E-state index contributed by atoms with van der Waals surface area (Å²) in [4.78, 5) is 60.0. The van der Waals surface area contributed by atoms with Crippen LogP contribution in [-0.4, -0.2) is 59.1 Å². The van der Waals surface area contributed by atoms with Gasteiger partial charge in [-0.25, -0.2) is 9.59 Å². The fraction of sp³-hybridized carbons (Fsp3) is 0.324. The number of hydrogen-bond donors (Lipinski definition) is 2. The van der Waals surface area contributed by atoms with E-state index in [4.69, 9.17) is 15.2 Å². The molecule has 52 heavy (non-hydrogen) atoms. The Morgan fingerprint density at radius 3 is 1.54 bits per heavy atom. The number of nitrogens with one attached hydrogen (secondary N) is 1. The van der Waals surface area contributed by atoms with Crippen LogP contribution in [0.2, 0.25) is 0 Å². The van der Waals surface area contributed by atoms with Gasteiger partial charge in [-0.2, -0.15) is 0 Å². The van der Waals surface area contributed by atoms with E-state index in [1.54, 1.807) is 71.5 Å². The number of methoxy groups -OCH3 is 2. The molecule has 12 nitrogen and oxygen atoms in total. The molecule has 0 aliphatic heterocycles. The molecule has 1 amide bonds. The molecule has 280 valence electrons. The molecule has 4 aromatic rings. The smallest absolute Gasteiger partial charge is 0.408 e. The zero-order chi connectivity index (χ0) is 38.0. The van der Waals surface area contributed by atoms with Crippen LogP contribution in [0.4, 0.5) is 4.79 Å². The molecular weight excluding hydrogens is 824 g/mol. The lowest BCUT2D eigenvalue weighted by Gasteiger charge is -2.22. The lowest BCUT2D eigenvalue weighted by Crippen LogP contribution is -2.45. The maximum absolute atomic E-state index is 12.4. The molecule has 0 fully saturated rings. The van der Waals surface area contributed by atoms with Crippen LogP contribution in [0.5, 0.6) is 0 Å². The number of esters is 2. The maximum Gasteiger partial charge on any atom is 0.408 e. The second-order valence-corrected chi connectivity index (χ2v) is 14.5. The number of aromatic nitrogens is 2. The average Bonchev–Trinajstić information content (AvgIpc) is 3.07. The lowest BCUT2D eigenvalue weighted by atomic mass is 10.0. The van der Waals surface area contributed by atoms with Gasteiger partial charge in [0.25, 0.3) is 11.1 Å². The van der Waals surface area contributed by atoms with E-state index in [1.165, 1.54) is 23.4 Å². The number of benzene rings is 2. The number of amides is 1. The van der Waals surface area contributed by atoms with E-state index in [-0.39, 0.29) is 29.9 Å². The van der Waals surface area contributed by atoms with Crippen molar-refractivity contribution in [1.29, 1.82) is 0 Å². The third-order valence-corrected chi connectivity index (χ3v) is 8.27. The topological polar surface area (TPSA) is 161 Å². The summed E-state index contributed by atoms with van der Waals surface area (Å²) < 4.78 is 19.3. The summed E-state index contributed by atoms with van der Waals surface area (Å²) in [5.41, 5.74) is 9.33. The number of carbonyl (C=O) groups excluding carboxylic acids is 3. The van der Waals surface area contributed by atoms with Gasteiger partial charge in [0, 0.05) is 53.0 Å². The number of pyridine rings is 2. The molecule has 2 aromatic heterocycles. The van der Waals surface area contributed by atoms with Crippen LogP contribution < -0.4 is 22.2 Å². The molecule has 2 unspecified atom stereocenters. The third-order valence-electron chi connectivity index (χ3n) is 7.41. The first kappa shape index (κ1) is 43.9. The van der Waals surface area contributed by atoms with Crippen LogP contribution in [0.3, 0.4) is 0 Å². The predicted octanol–water partition coefficient (Wildman–Crippen LogP) is 5.70. The fourth-order valence-corrected chi connectivity index (χ4v) is 5.98. The Bertz CT molecular complexity index is 1970. The van der Waals surface area contributed by atoms with Crippen molar-refractivity contribution in [3.05, 3.63) is 114 Å². The van der Waals surface area contributed by atoms with Gasteiger partial charge in [0.15, 0.2) is 0 Å². The van der Waals surface area contributed by atoms with Crippen molar-refractivity contribution in [3.63, 3.8) is 0 Å². The summed E-state index contributed by atoms with van der Waals surface area (Å²) in [7, 11) is 5.97. The number of alkyl carbamates (subject to hydrolysis) is 1. The highest BCUT2D eigenvalue weighted by molar-refractivity contribution is 9.10. The van der Waals surface area contributed by atoms with Gasteiger partial charge < -0.3 is 34.4 Å². The summed E-state index contributed by atoms with van der Waals surface area (Å²) in [5, 5.41) is 2.55. The monoisotopic (exact) mass is 864 g/mol. The van der Waals surface area contributed by atoms with Crippen molar-refractivity contribution in [2.24, 2.45) is 19.8 Å². The van der Waals surface area contributed by atoms with Gasteiger partial charge in [-0.15, -0.1) is 12.4 Å². The third kappa shape index (κ3) is 12.8. The summed E-state index contributed by atoms with van der Waals surface area (Å²) in [5.74, 6) is -1.01. The van der Waals surface area contributed by atoms with E-state index >= 15 is 0 Å². The number of carbonyl (C=O) groups is 3. The number of nitrogens with zero attached hydrogens (tertiary/aromatic N) is 2. The standard InChI is InChI=1S/C21H25BrN2O5.C16H17BrN2O3.ClH/c1-21(2,3)29-20(27)23-17(19(26)28-5)10-13-6-8-14(9-7-13)16-11-15(22)12-24(4)18(16)25;1-19-9-12(17)8-13(15(19)20)11-5-3-10(4-6-11)7-14(18)16(21)22-2;/h6-9,11-12,17H,10H2,1-5H3,(H,23,27);3-6,8-9,14H,7,18H2,1-2H3;1H. The lowest BCUT2D eigenvalue weighted by molar-refractivity contribution is -0.143. The predicted molar refractivity (Wildman–Crippen MR) is 209 cm³/mol. The normalized spacial score (nSPS) is 11.9. The van der Waals surface area contributed by atoms with Gasteiger partial charge in [-0.1, -0.05) is 48.5 Å². The minimum absolute atomic E-state index is 0. The van der Waals surface area contributed by atoms with E-state index < -0.39 is 35.7 Å². The number of rotatable bonds is 9. The van der Waals surface area contributed by atoms with Gasteiger partial charge in [0.1, 0.15) is 17.7 Å². The Morgan fingerprint density at radius 2 is 1.15 bits per heavy atom. The number of hydrogen-bond acceptors (Lipinski definition) is 9. The van der Waals surface area contributed by atoms with Crippen molar-refractivity contribution in [3.8, 4) is 22.3 Å². The van der Waals surface area contributed by atoms with Crippen molar-refractivity contribution in [2.75, 3.05) is 14.2 Å². The van der Waals surface area contributed by atoms with E-state index in [1.807, 2.05) is 36.4 Å². The van der Waals surface area contributed by atoms with Crippen LogP contribution in [-0.2, 0) is 50.7 Å².